The lowest BCUT2D eigenvalue weighted by Gasteiger charge is -1.98. The third-order valence-corrected chi connectivity index (χ3v) is 2.88. The molecule has 2 heteroatoms. The predicted molar refractivity (Wildman–Crippen MR) is 69.4 cm³/mol. The second-order valence-electron chi connectivity index (χ2n) is 2.78. The first-order chi connectivity index (χ1) is 6.45. The van der Waals surface area contributed by atoms with Crippen LogP contribution < -0.4 is 10.6 Å². The highest BCUT2D eigenvalue weighted by atomic mass is 79.9. The van der Waals surface area contributed by atoms with E-state index in [1.165, 1.54) is 19.2 Å². The minimum absolute atomic E-state index is 0. The molecule has 71 valence electrons. The van der Waals surface area contributed by atoms with Crippen molar-refractivity contribution in [1.29, 1.82) is 0 Å². The summed E-state index contributed by atoms with van der Waals surface area (Å²) in [6.45, 7) is 0. The summed E-state index contributed by atoms with van der Waals surface area (Å²) in [5.74, 6) is 0. The summed E-state index contributed by atoms with van der Waals surface area (Å²) in [6.07, 6.45) is 0. The van der Waals surface area contributed by atoms with E-state index in [-0.39, 0.29) is 17.0 Å². The summed E-state index contributed by atoms with van der Waals surface area (Å²) in [4.78, 5) is 0. The van der Waals surface area contributed by atoms with E-state index in [4.69, 9.17) is 0 Å². The Morgan fingerprint density at radius 2 is 0.929 bits per heavy atom. The van der Waals surface area contributed by atoms with Gasteiger partial charge in [-0.05, 0) is 19.2 Å². The normalized spacial score (nSPS) is 9.14. The average molecular weight is 266 g/mol. The Kier molecular flexibility index (Phi) is 4.86. The molecular formula is C12H11BrP. The van der Waals surface area contributed by atoms with Crippen LogP contribution in [-0.4, -0.2) is 0 Å². The lowest BCUT2D eigenvalue weighted by Crippen LogP contribution is -2.01. The molecule has 0 fully saturated rings. The molecule has 0 bridgehead atoms. The minimum atomic E-state index is 0. The van der Waals surface area contributed by atoms with E-state index < -0.39 is 0 Å². The van der Waals surface area contributed by atoms with Crippen molar-refractivity contribution in [3.8, 4) is 0 Å². The van der Waals surface area contributed by atoms with Gasteiger partial charge < -0.3 is 0 Å². The molecule has 0 atom stereocenters. The van der Waals surface area contributed by atoms with Crippen LogP contribution in [0.1, 0.15) is 0 Å². The highest BCUT2D eigenvalue weighted by Gasteiger charge is 1.93. The van der Waals surface area contributed by atoms with E-state index >= 15 is 0 Å². The van der Waals surface area contributed by atoms with Crippen LogP contribution in [0.5, 0.6) is 0 Å². The van der Waals surface area contributed by atoms with Gasteiger partial charge in [0.05, 0.1) is 0 Å². The van der Waals surface area contributed by atoms with E-state index in [1.807, 2.05) is 12.1 Å². The number of halogens is 1. The fourth-order valence-corrected chi connectivity index (χ4v) is 2.09. The molecule has 2 aromatic carbocycles. The van der Waals surface area contributed by atoms with Gasteiger partial charge in [-0.15, -0.1) is 17.0 Å². The molecule has 0 amide bonds. The number of benzene rings is 2. The van der Waals surface area contributed by atoms with Gasteiger partial charge in [0.2, 0.25) is 0 Å². The van der Waals surface area contributed by atoms with Crippen molar-refractivity contribution in [1.82, 2.24) is 0 Å². The van der Waals surface area contributed by atoms with Crippen molar-refractivity contribution in [2.75, 3.05) is 0 Å². The monoisotopic (exact) mass is 265 g/mol. The number of rotatable bonds is 2. The standard InChI is InChI=1S/C12H10P.BrH/c1-3-7-11(8-4-1)13-12-9-5-2-6-10-12;/h1-10H;1H. The molecule has 2 aromatic rings. The van der Waals surface area contributed by atoms with Gasteiger partial charge in [0.1, 0.15) is 0 Å². The number of hydrogen-bond donors (Lipinski definition) is 0. The molecule has 0 heterocycles. The van der Waals surface area contributed by atoms with Gasteiger partial charge in [-0.3, -0.25) is 0 Å². The van der Waals surface area contributed by atoms with Crippen molar-refractivity contribution < 1.29 is 0 Å². The lowest BCUT2D eigenvalue weighted by atomic mass is 10.4. The van der Waals surface area contributed by atoms with Crippen molar-refractivity contribution in [2.24, 2.45) is 0 Å². The Balaban J connectivity index is 0.000000980. The fourth-order valence-electron chi connectivity index (χ4n) is 1.15. The SMILES string of the molecule is Br.c1ccc([P]c2ccccc2)cc1. The second-order valence-corrected chi connectivity index (χ2v) is 4.04. The Hall–Kier alpha value is -0.650. The molecule has 0 saturated heterocycles. The molecule has 0 aliphatic carbocycles. The molecule has 0 N–H and O–H groups in total. The van der Waals surface area contributed by atoms with Crippen molar-refractivity contribution in [3.63, 3.8) is 0 Å². The van der Waals surface area contributed by atoms with Gasteiger partial charge >= 0.3 is 0 Å². The molecule has 1 radical (unpaired) electrons. The largest absolute Gasteiger partial charge is 0.114 e. The Bertz CT molecular complexity index is 321. The molecule has 0 aliphatic heterocycles. The number of hydrogen-bond acceptors (Lipinski definition) is 0. The summed E-state index contributed by atoms with van der Waals surface area (Å²) >= 11 is 0. The van der Waals surface area contributed by atoms with Crippen molar-refractivity contribution >= 4 is 36.2 Å². The Morgan fingerprint density at radius 1 is 0.571 bits per heavy atom. The zero-order valence-electron chi connectivity index (χ0n) is 7.63. The molecule has 0 spiro atoms. The topological polar surface area (TPSA) is 0 Å². The van der Waals surface area contributed by atoms with Crippen LogP contribution >= 0.6 is 25.6 Å². The highest BCUT2D eigenvalue weighted by Crippen LogP contribution is 2.08. The maximum absolute atomic E-state index is 2.15. The molecule has 0 saturated carbocycles. The third-order valence-electron chi connectivity index (χ3n) is 1.77. The Labute approximate surface area is 96.9 Å². The van der Waals surface area contributed by atoms with Crippen LogP contribution in [0, 0.1) is 0 Å². The van der Waals surface area contributed by atoms with Crippen LogP contribution in [0.4, 0.5) is 0 Å². The molecule has 14 heavy (non-hydrogen) atoms. The maximum Gasteiger partial charge on any atom is -0.0100 e. The maximum atomic E-state index is 2.15. The van der Waals surface area contributed by atoms with Crippen LogP contribution in [0.2, 0.25) is 0 Å². The molecule has 0 nitrogen and oxygen atoms in total. The molecule has 2 rings (SSSR count). The van der Waals surface area contributed by atoms with Crippen LogP contribution in [0.3, 0.4) is 0 Å². The highest BCUT2D eigenvalue weighted by molar-refractivity contribution is 8.93. The zero-order chi connectivity index (χ0) is 8.93. The molecular weight excluding hydrogens is 255 g/mol. The van der Waals surface area contributed by atoms with E-state index in [2.05, 4.69) is 48.5 Å². The van der Waals surface area contributed by atoms with Gasteiger partial charge in [-0.1, -0.05) is 60.7 Å². The molecule has 0 aliphatic rings. The van der Waals surface area contributed by atoms with Crippen LogP contribution in [0.15, 0.2) is 60.7 Å². The first-order valence-corrected chi connectivity index (χ1v) is 5.16. The summed E-state index contributed by atoms with van der Waals surface area (Å²) < 4.78 is 0. The van der Waals surface area contributed by atoms with Crippen molar-refractivity contribution in [3.05, 3.63) is 60.7 Å². The van der Waals surface area contributed by atoms with Crippen LogP contribution in [-0.2, 0) is 0 Å². The summed E-state index contributed by atoms with van der Waals surface area (Å²) in [6, 6.07) is 21.0. The quantitative estimate of drug-likeness (QED) is 0.732. The summed E-state index contributed by atoms with van der Waals surface area (Å²) in [5, 5.41) is 2.68. The van der Waals surface area contributed by atoms with Crippen LogP contribution in [0.25, 0.3) is 0 Å². The minimum Gasteiger partial charge on any atom is -0.114 e. The lowest BCUT2D eigenvalue weighted by molar-refractivity contribution is 1.76. The zero-order valence-corrected chi connectivity index (χ0v) is 10.2. The predicted octanol–water partition coefficient (Wildman–Crippen LogP) is 3.16. The van der Waals surface area contributed by atoms with Crippen molar-refractivity contribution in [2.45, 2.75) is 0 Å². The van der Waals surface area contributed by atoms with Gasteiger partial charge in [-0.2, -0.15) is 0 Å². The van der Waals surface area contributed by atoms with Gasteiger partial charge in [-0.25, -0.2) is 0 Å². The second kappa shape index (κ2) is 5.95. The van der Waals surface area contributed by atoms with Gasteiger partial charge in [0, 0.05) is 0 Å². The summed E-state index contributed by atoms with van der Waals surface area (Å²) in [5.41, 5.74) is 0. The molecule has 0 unspecified atom stereocenters. The fraction of sp³-hybridized carbons (Fsp3) is 0. The molecule has 0 aromatic heterocycles. The van der Waals surface area contributed by atoms with E-state index in [1.54, 1.807) is 0 Å². The smallest absolute Gasteiger partial charge is 0.0100 e. The average Bonchev–Trinajstić information content (AvgIpc) is 2.21. The summed E-state index contributed by atoms with van der Waals surface area (Å²) in [7, 11) is 1.28. The Morgan fingerprint density at radius 3 is 1.29 bits per heavy atom. The van der Waals surface area contributed by atoms with Gasteiger partial charge in [0.15, 0.2) is 0 Å². The van der Waals surface area contributed by atoms with Gasteiger partial charge in [0.25, 0.3) is 0 Å². The first-order valence-electron chi connectivity index (χ1n) is 4.27. The van der Waals surface area contributed by atoms with E-state index in [0.29, 0.717) is 0 Å². The first kappa shape index (κ1) is 11.4. The third kappa shape index (κ3) is 3.25. The van der Waals surface area contributed by atoms with E-state index in [0.717, 1.165) is 0 Å². The van der Waals surface area contributed by atoms with E-state index in [9.17, 15) is 0 Å².